The Kier molecular flexibility index (Phi) is 5.65. The van der Waals surface area contributed by atoms with Gasteiger partial charge >= 0.3 is 0 Å². The molecule has 0 radical (unpaired) electrons. The predicted molar refractivity (Wildman–Crippen MR) is 86.8 cm³/mol. The Bertz CT molecular complexity index is 456. The third-order valence-electron chi connectivity index (χ3n) is 3.88. The van der Waals surface area contributed by atoms with Crippen molar-refractivity contribution in [2.24, 2.45) is 0 Å². The second-order valence-electron chi connectivity index (χ2n) is 6.13. The van der Waals surface area contributed by atoms with Gasteiger partial charge in [-0.15, -0.1) is 0 Å². The van der Waals surface area contributed by atoms with Crippen LogP contribution in [0.15, 0.2) is 0 Å². The average molecular weight is 292 g/mol. The molecule has 0 spiro atoms. The molecule has 0 amide bonds. The number of hydrogen-bond donors (Lipinski definition) is 2. The zero-order valence-corrected chi connectivity index (χ0v) is 13.5. The van der Waals surface area contributed by atoms with Crippen molar-refractivity contribution < 1.29 is 4.74 Å². The summed E-state index contributed by atoms with van der Waals surface area (Å²) in [7, 11) is 0. The summed E-state index contributed by atoms with van der Waals surface area (Å²) in [5.74, 6) is 2.31. The summed E-state index contributed by atoms with van der Waals surface area (Å²) in [4.78, 5) is 9.08. The van der Waals surface area contributed by atoms with Crippen LogP contribution in [0.4, 0.5) is 11.5 Å². The maximum atomic E-state index is 6.20. The summed E-state index contributed by atoms with van der Waals surface area (Å²) >= 11 is 0. The van der Waals surface area contributed by atoms with E-state index in [0.29, 0.717) is 24.2 Å². The van der Waals surface area contributed by atoms with Crippen LogP contribution in [0, 0.1) is 0 Å². The first-order chi connectivity index (χ1) is 10.1. The summed E-state index contributed by atoms with van der Waals surface area (Å²) in [6.45, 7) is 6.96. The lowest BCUT2D eigenvalue weighted by molar-refractivity contribution is 0.297. The lowest BCUT2D eigenvalue weighted by Crippen LogP contribution is -2.19. The van der Waals surface area contributed by atoms with Crippen LogP contribution in [0.25, 0.3) is 0 Å². The van der Waals surface area contributed by atoms with Crippen LogP contribution in [-0.4, -0.2) is 22.6 Å². The highest BCUT2D eigenvalue weighted by atomic mass is 16.5. The minimum atomic E-state index is 0.253. The van der Waals surface area contributed by atoms with Gasteiger partial charge in [0.1, 0.15) is 11.5 Å². The van der Waals surface area contributed by atoms with E-state index < -0.39 is 0 Å². The molecule has 0 bridgehead atoms. The third-order valence-corrected chi connectivity index (χ3v) is 3.88. The highest BCUT2D eigenvalue weighted by molar-refractivity contribution is 5.67. The number of ether oxygens (including phenoxy) is 1. The number of aromatic nitrogens is 2. The molecule has 5 nitrogen and oxygen atoms in total. The van der Waals surface area contributed by atoms with Crippen molar-refractivity contribution in [1.82, 2.24) is 9.97 Å². The topological polar surface area (TPSA) is 73.1 Å². The highest BCUT2D eigenvalue weighted by Crippen LogP contribution is 2.31. The van der Waals surface area contributed by atoms with Crippen LogP contribution < -0.4 is 15.8 Å². The van der Waals surface area contributed by atoms with E-state index in [1.807, 2.05) is 0 Å². The Morgan fingerprint density at radius 3 is 2.62 bits per heavy atom. The van der Waals surface area contributed by atoms with E-state index >= 15 is 0 Å². The SMILES string of the molecule is CCCCOc1nc(C(C)C)nc(NC2CCCC2)c1N. The molecule has 21 heavy (non-hydrogen) atoms. The number of unbranched alkanes of at least 4 members (excludes halogenated alkanes) is 1. The second kappa shape index (κ2) is 7.48. The number of nitrogen functional groups attached to an aromatic ring is 1. The molecule has 2 rings (SSSR count). The number of nitrogens with one attached hydrogen (secondary N) is 1. The van der Waals surface area contributed by atoms with Crippen LogP contribution >= 0.6 is 0 Å². The monoisotopic (exact) mass is 292 g/mol. The van der Waals surface area contributed by atoms with Crippen LogP contribution in [0.1, 0.15) is 71.0 Å². The Morgan fingerprint density at radius 1 is 1.29 bits per heavy atom. The van der Waals surface area contributed by atoms with Gasteiger partial charge in [-0.1, -0.05) is 40.0 Å². The Morgan fingerprint density at radius 2 is 2.00 bits per heavy atom. The molecule has 1 saturated carbocycles. The van der Waals surface area contributed by atoms with Gasteiger partial charge < -0.3 is 15.8 Å². The first-order valence-corrected chi connectivity index (χ1v) is 8.18. The van der Waals surface area contributed by atoms with E-state index in [4.69, 9.17) is 10.5 Å². The molecular weight excluding hydrogens is 264 g/mol. The van der Waals surface area contributed by atoms with Crippen molar-refractivity contribution in [1.29, 1.82) is 0 Å². The van der Waals surface area contributed by atoms with Gasteiger partial charge in [0.15, 0.2) is 5.82 Å². The summed E-state index contributed by atoms with van der Waals surface area (Å²) in [6, 6.07) is 0.478. The molecule has 1 aliphatic rings. The highest BCUT2D eigenvalue weighted by Gasteiger charge is 2.20. The van der Waals surface area contributed by atoms with Crippen molar-refractivity contribution in [2.75, 3.05) is 17.7 Å². The summed E-state index contributed by atoms with van der Waals surface area (Å²) in [5, 5.41) is 3.48. The standard InChI is InChI=1S/C16H28N4O/c1-4-5-10-21-16-13(17)15(18-12-8-6-7-9-12)19-14(20-16)11(2)3/h11-12H,4-10,17H2,1-3H3,(H,18,19,20). The van der Waals surface area contributed by atoms with Crippen molar-refractivity contribution in [3.05, 3.63) is 5.82 Å². The zero-order valence-electron chi connectivity index (χ0n) is 13.5. The van der Waals surface area contributed by atoms with E-state index in [9.17, 15) is 0 Å². The molecular formula is C16H28N4O. The van der Waals surface area contributed by atoms with Gasteiger partial charge in [-0.3, -0.25) is 0 Å². The Labute approximate surface area is 127 Å². The molecule has 118 valence electrons. The molecule has 0 saturated heterocycles. The number of anilines is 2. The normalized spacial score (nSPS) is 15.6. The summed E-state index contributed by atoms with van der Waals surface area (Å²) < 4.78 is 5.76. The van der Waals surface area contributed by atoms with Crippen molar-refractivity contribution in [3.8, 4) is 5.88 Å². The molecule has 1 heterocycles. The summed E-state index contributed by atoms with van der Waals surface area (Å²) in [5.41, 5.74) is 6.74. The first kappa shape index (κ1) is 15.9. The fourth-order valence-corrected chi connectivity index (χ4v) is 2.52. The van der Waals surface area contributed by atoms with E-state index in [1.165, 1.54) is 25.7 Å². The smallest absolute Gasteiger partial charge is 0.242 e. The molecule has 1 fully saturated rings. The maximum Gasteiger partial charge on any atom is 0.242 e. The predicted octanol–water partition coefficient (Wildman–Crippen LogP) is 3.72. The molecule has 1 aliphatic carbocycles. The van der Waals surface area contributed by atoms with Crippen LogP contribution in [0.2, 0.25) is 0 Å². The number of nitrogens with two attached hydrogens (primary N) is 1. The van der Waals surface area contributed by atoms with Gasteiger partial charge in [-0.05, 0) is 19.3 Å². The minimum Gasteiger partial charge on any atom is -0.476 e. The Balaban J connectivity index is 2.19. The zero-order chi connectivity index (χ0) is 15.2. The summed E-state index contributed by atoms with van der Waals surface area (Å²) in [6.07, 6.45) is 7.03. The molecule has 1 aromatic rings. The number of hydrogen-bond acceptors (Lipinski definition) is 5. The van der Waals surface area contributed by atoms with Gasteiger partial charge in [-0.2, -0.15) is 4.98 Å². The molecule has 0 aromatic carbocycles. The first-order valence-electron chi connectivity index (χ1n) is 8.18. The van der Waals surface area contributed by atoms with Crippen LogP contribution in [0.5, 0.6) is 5.88 Å². The van der Waals surface area contributed by atoms with Gasteiger partial charge in [0.2, 0.25) is 5.88 Å². The van der Waals surface area contributed by atoms with Crippen molar-refractivity contribution in [3.63, 3.8) is 0 Å². The molecule has 5 heteroatoms. The average Bonchev–Trinajstić information content (AvgIpc) is 2.95. The molecule has 0 aliphatic heterocycles. The fourth-order valence-electron chi connectivity index (χ4n) is 2.52. The second-order valence-corrected chi connectivity index (χ2v) is 6.13. The van der Waals surface area contributed by atoms with Gasteiger partial charge in [0.25, 0.3) is 0 Å². The van der Waals surface area contributed by atoms with Gasteiger partial charge in [-0.25, -0.2) is 4.98 Å². The fraction of sp³-hybridized carbons (Fsp3) is 0.750. The van der Waals surface area contributed by atoms with E-state index in [2.05, 4.69) is 36.1 Å². The Hall–Kier alpha value is -1.52. The molecule has 0 unspecified atom stereocenters. The third kappa shape index (κ3) is 4.22. The van der Waals surface area contributed by atoms with Crippen LogP contribution in [-0.2, 0) is 0 Å². The van der Waals surface area contributed by atoms with Gasteiger partial charge in [0, 0.05) is 12.0 Å². The lowest BCUT2D eigenvalue weighted by atomic mass is 10.2. The molecule has 3 N–H and O–H groups in total. The maximum absolute atomic E-state index is 6.20. The van der Waals surface area contributed by atoms with Crippen molar-refractivity contribution >= 4 is 11.5 Å². The van der Waals surface area contributed by atoms with E-state index in [0.717, 1.165) is 24.5 Å². The minimum absolute atomic E-state index is 0.253. The van der Waals surface area contributed by atoms with Gasteiger partial charge in [0.05, 0.1) is 6.61 Å². The molecule has 0 atom stereocenters. The largest absolute Gasteiger partial charge is 0.476 e. The van der Waals surface area contributed by atoms with Crippen molar-refractivity contribution in [2.45, 2.75) is 71.3 Å². The number of rotatable bonds is 7. The molecule has 1 aromatic heterocycles. The van der Waals surface area contributed by atoms with E-state index in [1.54, 1.807) is 0 Å². The van der Waals surface area contributed by atoms with E-state index in [-0.39, 0.29) is 5.92 Å². The number of nitrogens with zero attached hydrogens (tertiary/aromatic N) is 2. The van der Waals surface area contributed by atoms with Crippen LogP contribution in [0.3, 0.4) is 0 Å². The lowest BCUT2D eigenvalue weighted by Gasteiger charge is -2.18. The quantitative estimate of drug-likeness (QED) is 0.749.